The molecule has 2 aromatic carbocycles. The summed E-state index contributed by atoms with van der Waals surface area (Å²) in [5.74, 6) is 0.977. The van der Waals surface area contributed by atoms with Crippen LogP contribution in [-0.2, 0) is 11.8 Å². The first-order valence-electron chi connectivity index (χ1n) is 6.80. The van der Waals surface area contributed by atoms with E-state index < -0.39 is 0 Å². The molecule has 106 valence electrons. The largest absolute Gasteiger partial charge is 0.493 e. The van der Waals surface area contributed by atoms with Crippen LogP contribution in [0.2, 0.25) is 0 Å². The molecule has 1 nitrogen and oxygen atoms in total. The van der Waals surface area contributed by atoms with Crippen LogP contribution in [0.1, 0.15) is 24.0 Å². The van der Waals surface area contributed by atoms with Crippen molar-refractivity contribution in [1.82, 2.24) is 0 Å². The molecule has 0 radical (unpaired) electrons. The van der Waals surface area contributed by atoms with Crippen molar-refractivity contribution in [2.75, 3.05) is 6.61 Å². The average Bonchev–Trinajstić information content (AvgIpc) is 2.49. The van der Waals surface area contributed by atoms with Crippen molar-refractivity contribution in [3.63, 3.8) is 0 Å². The zero-order chi connectivity index (χ0) is 14.2. The number of rotatable bonds is 7. The van der Waals surface area contributed by atoms with Gasteiger partial charge in [-0.1, -0.05) is 62.2 Å². The smallest absolute Gasteiger partial charge is 0.123 e. The summed E-state index contributed by atoms with van der Waals surface area (Å²) >= 11 is 6.97. The Kier molecular flexibility index (Phi) is 6.61. The first-order valence-corrected chi connectivity index (χ1v) is 8.72. The van der Waals surface area contributed by atoms with Gasteiger partial charge in [-0.15, -0.1) is 0 Å². The fourth-order valence-electron chi connectivity index (χ4n) is 2.05. The topological polar surface area (TPSA) is 9.23 Å². The third-order valence-corrected chi connectivity index (χ3v) is 4.22. The predicted octanol–water partition coefficient (Wildman–Crippen LogP) is 5.75. The van der Waals surface area contributed by atoms with E-state index in [1.165, 1.54) is 11.1 Å². The Morgan fingerprint density at radius 3 is 2.50 bits per heavy atom. The molecular weight excluding hydrogens is 380 g/mol. The van der Waals surface area contributed by atoms with Crippen LogP contribution in [-0.4, -0.2) is 6.61 Å². The second-order valence-corrected chi connectivity index (χ2v) is 6.15. The van der Waals surface area contributed by atoms with Crippen molar-refractivity contribution >= 4 is 31.9 Å². The van der Waals surface area contributed by atoms with Crippen LogP contribution in [0.3, 0.4) is 0 Å². The molecule has 0 aromatic heterocycles. The van der Waals surface area contributed by atoms with Gasteiger partial charge >= 0.3 is 0 Å². The maximum Gasteiger partial charge on any atom is 0.123 e. The lowest BCUT2D eigenvalue weighted by atomic mass is 10.1. The van der Waals surface area contributed by atoms with Gasteiger partial charge in [-0.2, -0.15) is 0 Å². The van der Waals surface area contributed by atoms with Gasteiger partial charge in [0.2, 0.25) is 0 Å². The molecule has 0 aliphatic carbocycles. The van der Waals surface area contributed by atoms with Crippen LogP contribution in [0.4, 0.5) is 0 Å². The van der Waals surface area contributed by atoms with E-state index in [9.17, 15) is 0 Å². The minimum Gasteiger partial charge on any atom is -0.493 e. The van der Waals surface area contributed by atoms with Crippen molar-refractivity contribution in [3.8, 4) is 5.75 Å². The standard InChI is InChI=1S/C17H18Br2O/c18-13-15-12-16(19)9-10-17(15)20-11-5-4-8-14-6-2-1-3-7-14/h1-3,6-7,9-10,12H,4-5,8,11,13H2. The van der Waals surface area contributed by atoms with Crippen molar-refractivity contribution in [3.05, 3.63) is 64.1 Å². The van der Waals surface area contributed by atoms with E-state index in [1.54, 1.807) is 0 Å². The maximum absolute atomic E-state index is 5.87. The van der Waals surface area contributed by atoms with Gasteiger partial charge in [0, 0.05) is 15.4 Å². The molecular formula is C17H18Br2O. The van der Waals surface area contributed by atoms with Crippen LogP contribution < -0.4 is 4.74 Å². The zero-order valence-corrected chi connectivity index (χ0v) is 14.5. The van der Waals surface area contributed by atoms with Crippen molar-refractivity contribution in [1.29, 1.82) is 0 Å². The van der Waals surface area contributed by atoms with Gasteiger partial charge in [-0.25, -0.2) is 0 Å². The summed E-state index contributed by atoms with van der Waals surface area (Å²) in [6.07, 6.45) is 3.35. The fourth-order valence-corrected chi connectivity index (χ4v) is 2.90. The number of alkyl halides is 1. The van der Waals surface area contributed by atoms with Gasteiger partial charge in [0.25, 0.3) is 0 Å². The number of hydrogen-bond acceptors (Lipinski definition) is 1. The van der Waals surface area contributed by atoms with Crippen LogP contribution in [0.5, 0.6) is 5.75 Å². The van der Waals surface area contributed by atoms with Gasteiger partial charge in [-0.3, -0.25) is 0 Å². The molecule has 0 heterocycles. The van der Waals surface area contributed by atoms with E-state index >= 15 is 0 Å². The lowest BCUT2D eigenvalue weighted by Crippen LogP contribution is -2.00. The van der Waals surface area contributed by atoms with Crippen molar-refractivity contribution < 1.29 is 4.74 Å². The van der Waals surface area contributed by atoms with E-state index in [0.717, 1.165) is 41.4 Å². The van der Waals surface area contributed by atoms with E-state index in [4.69, 9.17) is 4.74 Å². The highest BCUT2D eigenvalue weighted by Crippen LogP contribution is 2.25. The Hall–Kier alpha value is -0.800. The number of ether oxygens (including phenoxy) is 1. The molecule has 20 heavy (non-hydrogen) atoms. The van der Waals surface area contributed by atoms with E-state index in [1.807, 2.05) is 12.1 Å². The van der Waals surface area contributed by atoms with Gasteiger partial charge in [0.05, 0.1) is 6.61 Å². The highest BCUT2D eigenvalue weighted by Gasteiger charge is 2.03. The second-order valence-electron chi connectivity index (χ2n) is 4.68. The molecule has 0 amide bonds. The molecule has 2 rings (SSSR count). The molecule has 0 aliphatic rings. The minimum atomic E-state index is 0.772. The molecule has 3 heteroatoms. The molecule has 0 aliphatic heterocycles. The number of halogens is 2. The van der Waals surface area contributed by atoms with E-state index in [-0.39, 0.29) is 0 Å². The average molecular weight is 398 g/mol. The number of benzene rings is 2. The van der Waals surface area contributed by atoms with Gasteiger partial charge in [0.1, 0.15) is 5.75 Å². The number of aryl methyl sites for hydroxylation is 1. The first kappa shape index (κ1) is 15.6. The maximum atomic E-state index is 5.87. The lowest BCUT2D eigenvalue weighted by molar-refractivity contribution is 0.305. The molecule has 0 atom stereocenters. The third-order valence-electron chi connectivity index (χ3n) is 3.13. The lowest BCUT2D eigenvalue weighted by Gasteiger charge is -2.10. The van der Waals surface area contributed by atoms with E-state index in [2.05, 4.69) is 68.3 Å². The molecule has 2 aromatic rings. The zero-order valence-electron chi connectivity index (χ0n) is 11.3. The summed E-state index contributed by atoms with van der Waals surface area (Å²) in [6.45, 7) is 0.772. The Bertz CT molecular complexity index is 526. The molecule has 0 saturated carbocycles. The Morgan fingerprint density at radius 2 is 1.75 bits per heavy atom. The molecule has 0 bridgehead atoms. The normalized spacial score (nSPS) is 10.5. The molecule has 0 fully saturated rings. The molecule has 0 saturated heterocycles. The SMILES string of the molecule is BrCc1cc(Br)ccc1OCCCCc1ccccc1. The van der Waals surface area contributed by atoms with Crippen molar-refractivity contribution in [2.45, 2.75) is 24.6 Å². The van der Waals surface area contributed by atoms with Crippen LogP contribution >= 0.6 is 31.9 Å². The predicted molar refractivity (Wildman–Crippen MR) is 91.6 cm³/mol. The van der Waals surface area contributed by atoms with Crippen LogP contribution in [0, 0.1) is 0 Å². The van der Waals surface area contributed by atoms with Gasteiger partial charge < -0.3 is 4.74 Å². The number of hydrogen-bond donors (Lipinski definition) is 0. The Balaban J connectivity index is 1.73. The highest BCUT2D eigenvalue weighted by atomic mass is 79.9. The fraction of sp³-hybridized carbons (Fsp3) is 0.294. The summed E-state index contributed by atoms with van der Waals surface area (Å²) in [5, 5.41) is 0.811. The molecule has 0 spiro atoms. The Morgan fingerprint density at radius 1 is 0.950 bits per heavy atom. The summed E-state index contributed by atoms with van der Waals surface area (Å²) in [5.41, 5.74) is 2.58. The summed E-state index contributed by atoms with van der Waals surface area (Å²) in [6, 6.07) is 16.7. The monoisotopic (exact) mass is 396 g/mol. The van der Waals surface area contributed by atoms with E-state index in [0.29, 0.717) is 0 Å². The van der Waals surface area contributed by atoms with Crippen molar-refractivity contribution in [2.24, 2.45) is 0 Å². The van der Waals surface area contributed by atoms with Crippen LogP contribution in [0.25, 0.3) is 0 Å². The summed E-state index contributed by atoms with van der Waals surface area (Å²) in [7, 11) is 0. The summed E-state index contributed by atoms with van der Waals surface area (Å²) in [4.78, 5) is 0. The summed E-state index contributed by atoms with van der Waals surface area (Å²) < 4.78 is 6.96. The quantitative estimate of drug-likeness (QED) is 0.427. The third kappa shape index (κ3) is 4.95. The number of unbranched alkanes of at least 4 members (excludes halogenated alkanes) is 1. The van der Waals surface area contributed by atoms with Gasteiger partial charge in [0.15, 0.2) is 0 Å². The Labute approximate surface area is 137 Å². The second kappa shape index (κ2) is 8.48. The highest BCUT2D eigenvalue weighted by molar-refractivity contribution is 9.10. The minimum absolute atomic E-state index is 0.772. The van der Waals surface area contributed by atoms with Gasteiger partial charge in [-0.05, 0) is 43.0 Å². The van der Waals surface area contributed by atoms with Crippen LogP contribution in [0.15, 0.2) is 53.0 Å². The molecule has 0 N–H and O–H groups in total. The first-order chi connectivity index (χ1) is 9.79. The molecule has 0 unspecified atom stereocenters.